The van der Waals surface area contributed by atoms with Gasteiger partial charge in [-0.2, -0.15) is 0 Å². The first-order valence-electron chi connectivity index (χ1n) is 6.94. The summed E-state index contributed by atoms with van der Waals surface area (Å²) in [7, 11) is 0. The van der Waals surface area contributed by atoms with Crippen LogP contribution in [0.15, 0.2) is 23.0 Å². The van der Waals surface area contributed by atoms with E-state index in [9.17, 15) is 9.59 Å². The fraction of sp³-hybridized carbons (Fsp3) is 0.357. The van der Waals surface area contributed by atoms with Crippen LogP contribution in [0, 0.1) is 0 Å². The van der Waals surface area contributed by atoms with Crippen LogP contribution in [0.25, 0.3) is 10.9 Å². The molecule has 1 saturated heterocycles. The lowest BCUT2D eigenvalue weighted by atomic mass is 10.2. The SMILES string of the molecule is O=C(O)Cn1c(N2CCNCC2)nc2ccc(Cl)cc2c1=O. The van der Waals surface area contributed by atoms with Crippen molar-refractivity contribution in [2.75, 3.05) is 31.1 Å². The number of carboxylic acid groups (broad SMARTS) is 1. The largest absolute Gasteiger partial charge is 0.480 e. The Balaban J connectivity index is 2.21. The maximum absolute atomic E-state index is 12.6. The number of hydrogen-bond donors (Lipinski definition) is 2. The van der Waals surface area contributed by atoms with Gasteiger partial charge in [0, 0.05) is 31.2 Å². The summed E-state index contributed by atoms with van der Waals surface area (Å²) in [5, 5.41) is 13.1. The summed E-state index contributed by atoms with van der Waals surface area (Å²) >= 11 is 5.93. The van der Waals surface area contributed by atoms with Gasteiger partial charge in [0.2, 0.25) is 5.95 Å². The zero-order valence-corrected chi connectivity index (χ0v) is 12.5. The number of nitrogens with one attached hydrogen (secondary N) is 1. The predicted molar refractivity (Wildman–Crippen MR) is 83.7 cm³/mol. The van der Waals surface area contributed by atoms with Crippen molar-refractivity contribution in [1.82, 2.24) is 14.9 Å². The summed E-state index contributed by atoms with van der Waals surface area (Å²) in [5.74, 6) is -0.689. The highest BCUT2D eigenvalue weighted by molar-refractivity contribution is 6.31. The molecule has 0 aliphatic carbocycles. The monoisotopic (exact) mass is 322 g/mol. The van der Waals surface area contributed by atoms with Gasteiger partial charge in [0.15, 0.2) is 0 Å². The zero-order chi connectivity index (χ0) is 15.7. The van der Waals surface area contributed by atoms with Crippen LogP contribution in [0.5, 0.6) is 0 Å². The molecule has 0 atom stereocenters. The average molecular weight is 323 g/mol. The Bertz CT molecular complexity index is 783. The number of hydrogen-bond acceptors (Lipinski definition) is 5. The van der Waals surface area contributed by atoms with E-state index in [4.69, 9.17) is 16.7 Å². The second kappa shape index (κ2) is 5.94. The van der Waals surface area contributed by atoms with Gasteiger partial charge in [-0.15, -0.1) is 0 Å². The van der Waals surface area contributed by atoms with Crippen LogP contribution in [0.3, 0.4) is 0 Å². The molecular formula is C14H15ClN4O3. The molecule has 3 rings (SSSR count). The summed E-state index contributed by atoms with van der Waals surface area (Å²) in [4.78, 5) is 30.2. The molecule has 1 aromatic carbocycles. The molecule has 22 heavy (non-hydrogen) atoms. The van der Waals surface area contributed by atoms with E-state index < -0.39 is 12.5 Å². The van der Waals surface area contributed by atoms with Crippen molar-refractivity contribution in [3.63, 3.8) is 0 Å². The van der Waals surface area contributed by atoms with Gasteiger partial charge in [-0.25, -0.2) is 4.98 Å². The Labute approximate surface area is 131 Å². The molecule has 1 aromatic heterocycles. The van der Waals surface area contributed by atoms with Crippen molar-refractivity contribution in [1.29, 1.82) is 0 Å². The van der Waals surface area contributed by atoms with Gasteiger partial charge < -0.3 is 15.3 Å². The highest BCUT2D eigenvalue weighted by Gasteiger charge is 2.20. The van der Waals surface area contributed by atoms with Crippen LogP contribution in [0.1, 0.15) is 0 Å². The number of benzene rings is 1. The predicted octanol–water partition coefficient (Wildman–Crippen LogP) is 0.544. The third-order valence-corrected chi connectivity index (χ3v) is 3.82. The normalized spacial score (nSPS) is 15.2. The summed E-state index contributed by atoms with van der Waals surface area (Å²) in [6.07, 6.45) is 0. The van der Waals surface area contributed by atoms with E-state index in [0.29, 0.717) is 35.0 Å². The number of nitrogens with zero attached hydrogens (tertiary/aromatic N) is 3. The Morgan fingerprint density at radius 3 is 2.77 bits per heavy atom. The number of halogens is 1. The molecule has 0 unspecified atom stereocenters. The first-order valence-corrected chi connectivity index (χ1v) is 7.31. The average Bonchev–Trinajstić information content (AvgIpc) is 2.51. The lowest BCUT2D eigenvalue weighted by molar-refractivity contribution is -0.137. The Kier molecular flexibility index (Phi) is 4.00. The minimum atomic E-state index is -1.08. The quantitative estimate of drug-likeness (QED) is 0.858. The van der Waals surface area contributed by atoms with Gasteiger partial charge in [-0.3, -0.25) is 14.2 Å². The van der Waals surface area contributed by atoms with Crippen molar-refractivity contribution < 1.29 is 9.90 Å². The van der Waals surface area contributed by atoms with E-state index in [1.807, 2.05) is 4.90 Å². The molecule has 2 heterocycles. The zero-order valence-electron chi connectivity index (χ0n) is 11.8. The molecule has 0 spiro atoms. The van der Waals surface area contributed by atoms with Crippen LogP contribution in [0.2, 0.25) is 5.02 Å². The second-order valence-electron chi connectivity index (χ2n) is 5.10. The summed E-state index contributed by atoms with van der Waals surface area (Å²) in [6, 6.07) is 4.86. The van der Waals surface area contributed by atoms with Crippen LogP contribution in [-0.4, -0.2) is 46.8 Å². The summed E-state index contributed by atoms with van der Waals surface area (Å²) in [6.45, 7) is 2.45. The topological polar surface area (TPSA) is 87.5 Å². The molecule has 0 bridgehead atoms. The van der Waals surface area contributed by atoms with Gasteiger partial charge in [0.05, 0.1) is 10.9 Å². The number of carboxylic acids is 1. The van der Waals surface area contributed by atoms with Gasteiger partial charge in [0.25, 0.3) is 5.56 Å². The standard InChI is InChI=1S/C14H15ClN4O3/c15-9-1-2-11-10(7-9)13(22)19(8-12(20)21)14(17-11)18-5-3-16-4-6-18/h1-2,7,16H,3-6,8H2,(H,20,21). The fourth-order valence-corrected chi connectivity index (χ4v) is 2.74. The molecule has 1 fully saturated rings. The fourth-order valence-electron chi connectivity index (χ4n) is 2.57. The molecule has 8 heteroatoms. The maximum atomic E-state index is 12.6. The highest BCUT2D eigenvalue weighted by atomic mass is 35.5. The van der Waals surface area contributed by atoms with E-state index in [-0.39, 0.29) is 5.56 Å². The molecule has 1 aliphatic heterocycles. The van der Waals surface area contributed by atoms with Gasteiger partial charge >= 0.3 is 5.97 Å². The van der Waals surface area contributed by atoms with E-state index in [1.54, 1.807) is 12.1 Å². The Morgan fingerprint density at radius 1 is 1.36 bits per heavy atom. The third kappa shape index (κ3) is 2.77. The number of anilines is 1. The molecule has 2 N–H and O–H groups in total. The molecular weight excluding hydrogens is 308 g/mol. The van der Waals surface area contributed by atoms with Crippen LogP contribution >= 0.6 is 11.6 Å². The molecule has 0 saturated carbocycles. The molecule has 0 radical (unpaired) electrons. The van der Waals surface area contributed by atoms with Crippen molar-refractivity contribution in [3.05, 3.63) is 33.6 Å². The maximum Gasteiger partial charge on any atom is 0.323 e. The van der Waals surface area contributed by atoms with E-state index in [1.165, 1.54) is 10.6 Å². The second-order valence-corrected chi connectivity index (χ2v) is 5.53. The molecule has 7 nitrogen and oxygen atoms in total. The first-order chi connectivity index (χ1) is 10.6. The molecule has 0 amide bonds. The minimum absolute atomic E-state index is 0.327. The van der Waals surface area contributed by atoms with Gasteiger partial charge in [0.1, 0.15) is 6.54 Å². The lowest BCUT2D eigenvalue weighted by Crippen LogP contribution is -2.46. The number of rotatable bonds is 3. The Morgan fingerprint density at radius 2 is 2.09 bits per heavy atom. The summed E-state index contributed by atoms with van der Waals surface area (Å²) in [5.41, 5.74) is 0.132. The van der Waals surface area contributed by atoms with Crippen molar-refractivity contribution >= 4 is 34.4 Å². The highest BCUT2D eigenvalue weighted by Crippen LogP contribution is 2.19. The number of carbonyl (C=O) groups is 1. The molecule has 2 aromatic rings. The van der Waals surface area contributed by atoms with Crippen LogP contribution < -0.4 is 15.8 Å². The van der Waals surface area contributed by atoms with Crippen molar-refractivity contribution in [2.45, 2.75) is 6.54 Å². The first kappa shape index (κ1) is 14.8. The number of aliphatic carboxylic acids is 1. The van der Waals surface area contributed by atoms with E-state index >= 15 is 0 Å². The van der Waals surface area contributed by atoms with Crippen LogP contribution in [0.4, 0.5) is 5.95 Å². The Hall–Kier alpha value is -2.12. The van der Waals surface area contributed by atoms with Crippen molar-refractivity contribution in [3.8, 4) is 0 Å². The van der Waals surface area contributed by atoms with Crippen molar-refractivity contribution in [2.24, 2.45) is 0 Å². The van der Waals surface area contributed by atoms with E-state index in [2.05, 4.69) is 10.3 Å². The third-order valence-electron chi connectivity index (χ3n) is 3.59. The van der Waals surface area contributed by atoms with Gasteiger partial charge in [-0.1, -0.05) is 11.6 Å². The number of fused-ring (bicyclic) bond motifs is 1. The number of piperazine rings is 1. The van der Waals surface area contributed by atoms with Crippen LogP contribution in [-0.2, 0) is 11.3 Å². The smallest absolute Gasteiger partial charge is 0.323 e. The van der Waals surface area contributed by atoms with E-state index in [0.717, 1.165) is 13.1 Å². The molecule has 1 aliphatic rings. The minimum Gasteiger partial charge on any atom is -0.480 e. The summed E-state index contributed by atoms with van der Waals surface area (Å²) < 4.78 is 1.20. The van der Waals surface area contributed by atoms with Gasteiger partial charge in [-0.05, 0) is 18.2 Å². The molecule has 116 valence electrons. The lowest BCUT2D eigenvalue weighted by Gasteiger charge is -2.30. The number of aromatic nitrogens is 2.